The summed E-state index contributed by atoms with van der Waals surface area (Å²) in [5, 5.41) is 2.96. The zero-order valence-corrected chi connectivity index (χ0v) is 12.3. The number of amides is 2. The van der Waals surface area contributed by atoms with Gasteiger partial charge in [-0.05, 0) is 36.1 Å². The van der Waals surface area contributed by atoms with Gasteiger partial charge in [0.1, 0.15) is 5.82 Å². The molecule has 114 valence electrons. The fourth-order valence-electron chi connectivity index (χ4n) is 2.92. The van der Waals surface area contributed by atoms with Crippen molar-refractivity contribution in [2.45, 2.75) is 25.4 Å². The van der Waals surface area contributed by atoms with Gasteiger partial charge in [-0.25, -0.2) is 9.18 Å². The number of nitrogens with one attached hydrogen (secondary N) is 1. The SMILES string of the molecule is O=C(NCc1ccccc1)N1CCC[C@@H]1c1ccc(F)cc1. The Morgan fingerprint density at radius 1 is 1.14 bits per heavy atom. The van der Waals surface area contributed by atoms with Gasteiger partial charge in [0.05, 0.1) is 6.04 Å². The van der Waals surface area contributed by atoms with Gasteiger partial charge in [-0.1, -0.05) is 42.5 Å². The van der Waals surface area contributed by atoms with E-state index in [0.29, 0.717) is 6.54 Å². The number of benzene rings is 2. The molecule has 0 aliphatic carbocycles. The minimum atomic E-state index is -0.248. The number of hydrogen-bond acceptors (Lipinski definition) is 1. The highest BCUT2D eigenvalue weighted by molar-refractivity contribution is 5.75. The molecule has 1 aliphatic rings. The lowest BCUT2D eigenvalue weighted by Gasteiger charge is -2.25. The third kappa shape index (κ3) is 3.27. The largest absolute Gasteiger partial charge is 0.334 e. The second-order valence-electron chi connectivity index (χ2n) is 5.55. The number of hydrogen-bond donors (Lipinski definition) is 1. The van der Waals surface area contributed by atoms with Gasteiger partial charge >= 0.3 is 6.03 Å². The zero-order chi connectivity index (χ0) is 15.4. The summed E-state index contributed by atoms with van der Waals surface area (Å²) in [6.07, 6.45) is 1.89. The average molecular weight is 298 g/mol. The van der Waals surface area contributed by atoms with Crippen LogP contribution in [0.1, 0.15) is 30.0 Å². The van der Waals surface area contributed by atoms with Crippen LogP contribution in [0.25, 0.3) is 0 Å². The van der Waals surface area contributed by atoms with Crippen LogP contribution in [0.3, 0.4) is 0 Å². The molecule has 4 heteroatoms. The molecule has 0 aromatic heterocycles. The molecular weight excluding hydrogens is 279 g/mol. The van der Waals surface area contributed by atoms with Crippen molar-refractivity contribution in [1.29, 1.82) is 0 Å². The van der Waals surface area contributed by atoms with Crippen LogP contribution >= 0.6 is 0 Å². The lowest BCUT2D eigenvalue weighted by molar-refractivity contribution is 0.192. The van der Waals surface area contributed by atoms with Crippen molar-refractivity contribution in [1.82, 2.24) is 10.2 Å². The summed E-state index contributed by atoms with van der Waals surface area (Å²) in [6, 6.07) is 16.3. The number of nitrogens with zero attached hydrogens (tertiary/aromatic N) is 1. The van der Waals surface area contributed by atoms with Crippen molar-refractivity contribution in [3.63, 3.8) is 0 Å². The average Bonchev–Trinajstić information content (AvgIpc) is 3.04. The third-order valence-corrected chi connectivity index (χ3v) is 4.06. The van der Waals surface area contributed by atoms with Gasteiger partial charge in [-0.15, -0.1) is 0 Å². The molecule has 1 atom stereocenters. The number of carbonyl (C=O) groups excluding carboxylic acids is 1. The quantitative estimate of drug-likeness (QED) is 0.916. The van der Waals surface area contributed by atoms with Crippen molar-refractivity contribution >= 4 is 6.03 Å². The Morgan fingerprint density at radius 3 is 2.59 bits per heavy atom. The summed E-state index contributed by atoms with van der Waals surface area (Å²) in [5.41, 5.74) is 2.07. The summed E-state index contributed by atoms with van der Waals surface area (Å²) in [5.74, 6) is -0.248. The highest BCUT2D eigenvalue weighted by atomic mass is 19.1. The van der Waals surface area contributed by atoms with Crippen molar-refractivity contribution in [2.75, 3.05) is 6.54 Å². The van der Waals surface area contributed by atoms with E-state index >= 15 is 0 Å². The maximum absolute atomic E-state index is 13.0. The van der Waals surface area contributed by atoms with E-state index in [9.17, 15) is 9.18 Å². The van der Waals surface area contributed by atoms with E-state index in [-0.39, 0.29) is 17.9 Å². The van der Waals surface area contributed by atoms with E-state index in [4.69, 9.17) is 0 Å². The van der Waals surface area contributed by atoms with Crippen LogP contribution in [0.5, 0.6) is 0 Å². The van der Waals surface area contributed by atoms with Crippen LogP contribution < -0.4 is 5.32 Å². The van der Waals surface area contributed by atoms with E-state index < -0.39 is 0 Å². The molecule has 0 unspecified atom stereocenters. The van der Waals surface area contributed by atoms with Crippen LogP contribution in [-0.4, -0.2) is 17.5 Å². The maximum Gasteiger partial charge on any atom is 0.318 e. The lowest BCUT2D eigenvalue weighted by Crippen LogP contribution is -2.39. The molecule has 2 aromatic rings. The number of carbonyl (C=O) groups is 1. The van der Waals surface area contributed by atoms with Crippen molar-refractivity contribution in [2.24, 2.45) is 0 Å². The minimum absolute atomic E-state index is 0.0383. The van der Waals surface area contributed by atoms with Crippen LogP contribution in [0, 0.1) is 5.82 Å². The van der Waals surface area contributed by atoms with Gasteiger partial charge in [-0.2, -0.15) is 0 Å². The molecule has 0 radical (unpaired) electrons. The molecule has 1 saturated heterocycles. The van der Waals surface area contributed by atoms with E-state index in [1.165, 1.54) is 12.1 Å². The van der Waals surface area contributed by atoms with Crippen molar-refractivity contribution in [3.05, 3.63) is 71.5 Å². The van der Waals surface area contributed by atoms with Crippen molar-refractivity contribution < 1.29 is 9.18 Å². The first-order chi connectivity index (χ1) is 10.7. The third-order valence-electron chi connectivity index (χ3n) is 4.06. The van der Waals surface area contributed by atoms with Crippen molar-refractivity contribution in [3.8, 4) is 0 Å². The molecule has 0 saturated carbocycles. The smallest absolute Gasteiger partial charge is 0.318 e. The maximum atomic E-state index is 13.0. The molecule has 3 rings (SSSR count). The van der Waals surface area contributed by atoms with Crippen LogP contribution in [0.15, 0.2) is 54.6 Å². The molecule has 2 aromatic carbocycles. The molecule has 1 aliphatic heterocycles. The molecular formula is C18H19FN2O. The van der Waals surface area contributed by atoms with Gasteiger partial charge in [0, 0.05) is 13.1 Å². The second kappa shape index (κ2) is 6.60. The second-order valence-corrected chi connectivity index (χ2v) is 5.55. The Kier molecular flexibility index (Phi) is 4.37. The van der Waals surface area contributed by atoms with Gasteiger partial charge < -0.3 is 10.2 Å². The van der Waals surface area contributed by atoms with E-state index in [1.54, 1.807) is 12.1 Å². The van der Waals surface area contributed by atoms with Gasteiger partial charge in [0.2, 0.25) is 0 Å². The fraction of sp³-hybridized carbons (Fsp3) is 0.278. The van der Waals surface area contributed by atoms with Gasteiger partial charge in [0.15, 0.2) is 0 Å². The zero-order valence-electron chi connectivity index (χ0n) is 12.3. The Hall–Kier alpha value is -2.36. The summed E-state index contributed by atoms with van der Waals surface area (Å²) in [6.45, 7) is 1.26. The Morgan fingerprint density at radius 2 is 1.86 bits per heavy atom. The Balaban J connectivity index is 1.65. The fourth-order valence-corrected chi connectivity index (χ4v) is 2.92. The van der Waals surface area contributed by atoms with Crippen LogP contribution in [0.4, 0.5) is 9.18 Å². The summed E-state index contributed by atoms with van der Waals surface area (Å²) in [4.78, 5) is 14.3. The molecule has 0 bridgehead atoms. The predicted molar refractivity (Wildman–Crippen MR) is 83.8 cm³/mol. The first-order valence-electron chi connectivity index (χ1n) is 7.58. The predicted octanol–water partition coefficient (Wildman–Crippen LogP) is 3.87. The van der Waals surface area contributed by atoms with Gasteiger partial charge in [-0.3, -0.25) is 0 Å². The number of likely N-dealkylation sites (tertiary alicyclic amines) is 1. The number of urea groups is 1. The van der Waals surface area contributed by atoms with E-state index in [1.807, 2.05) is 35.2 Å². The highest BCUT2D eigenvalue weighted by Gasteiger charge is 2.29. The standard InChI is InChI=1S/C18H19FN2O/c19-16-10-8-15(9-11-16)17-7-4-12-21(17)18(22)20-13-14-5-2-1-3-6-14/h1-3,5-6,8-11,17H,4,7,12-13H2,(H,20,22)/t17-/m1/s1. The van der Waals surface area contributed by atoms with Gasteiger partial charge in [0.25, 0.3) is 0 Å². The molecule has 0 spiro atoms. The van der Waals surface area contributed by atoms with Crippen LogP contribution in [0.2, 0.25) is 0 Å². The molecule has 1 N–H and O–H groups in total. The first-order valence-corrected chi connectivity index (χ1v) is 7.58. The lowest BCUT2D eigenvalue weighted by atomic mass is 10.0. The minimum Gasteiger partial charge on any atom is -0.334 e. The first kappa shape index (κ1) is 14.6. The molecule has 2 amide bonds. The normalized spacial score (nSPS) is 17.5. The number of rotatable bonds is 3. The molecule has 22 heavy (non-hydrogen) atoms. The molecule has 1 heterocycles. The topological polar surface area (TPSA) is 32.3 Å². The highest BCUT2D eigenvalue weighted by Crippen LogP contribution is 2.31. The molecule has 1 fully saturated rings. The monoisotopic (exact) mass is 298 g/mol. The summed E-state index contributed by atoms with van der Waals surface area (Å²) >= 11 is 0. The Bertz CT molecular complexity index is 627. The number of halogens is 1. The summed E-state index contributed by atoms with van der Waals surface area (Å²) < 4.78 is 13.0. The van der Waals surface area contributed by atoms with E-state index in [2.05, 4.69) is 5.32 Å². The van der Waals surface area contributed by atoms with Crippen LogP contribution in [-0.2, 0) is 6.54 Å². The summed E-state index contributed by atoms with van der Waals surface area (Å²) in [7, 11) is 0. The Labute approximate surface area is 129 Å². The molecule has 3 nitrogen and oxygen atoms in total. The van der Waals surface area contributed by atoms with E-state index in [0.717, 1.165) is 30.5 Å².